The Morgan fingerprint density at radius 1 is 1.13 bits per heavy atom. The molecule has 2 heterocycles. The summed E-state index contributed by atoms with van der Waals surface area (Å²) < 4.78 is 7.09. The zero-order chi connectivity index (χ0) is 21.4. The highest BCUT2D eigenvalue weighted by molar-refractivity contribution is 7.98. The standard InChI is InChI=1S/C23H19ClN4O2S/c1-30-21-9-5-3-7-16(21)15-10-19-17(20(29)11-15)12-28-22(25-19)26-23(27-28)31-13-14-6-2-4-8-18(14)24/h2-9,12,15H,10-11,13H2,1H3/t15-/m1/s1. The first-order valence-electron chi connectivity index (χ1n) is 9.91. The average molecular weight is 451 g/mol. The average Bonchev–Trinajstić information content (AvgIpc) is 3.19. The van der Waals surface area contributed by atoms with E-state index in [-0.39, 0.29) is 11.7 Å². The minimum atomic E-state index is 0.0306. The van der Waals surface area contributed by atoms with Crippen molar-refractivity contribution in [2.75, 3.05) is 7.11 Å². The number of fused-ring (bicyclic) bond motifs is 2. The van der Waals surface area contributed by atoms with Gasteiger partial charge in [-0.25, -0.2) is 9.50 Å². The lowest BCUT2D eigenvalue weighted by Gasteiger charge is -2.24. The number of thioether (sulfide) groups is 1. The second kappa shape index (κ2) is 8.32. The molecule has 4 aromatic rings. The number of halogens is 1. The lowest BCUT2D eigenvalue weighted by atomic mass is 9.82. The van der Waals surface area contributed by atoms with Crippen LogP contribution in [0, 0.1) is 0 Å². The predicted octanol–water partition coefficient (Wildman–Crippen LogP) is 4.99. The van der Waals surface area contributed by atoms with Crippen LogP contribution in [0.2, 0.25) is 5.02 Å². The van der Waals surface area contributed by atoms with Gasteiger partial charge < -0.3 is 4.74 Å². The Bertz CT molecular complexity index is 1290. The van der Waals surface area contributed by atoms with Crippen LogP contribution in [0.5, 0.6) is 5.75 Å². The van der Waals surface area contributed by atoms with Crippen LogP contribution in [0.15, 0.2) is 59.9 Å². The summed E-state index contributed by atoms with van der Waals surface area (Å²) in [4.78, 5) is 22.1. The molecule has 31 heavy (non-hydrogen) atoms. The molecule has 6 nitrogen and oxygen atoms in total. The monoisotopic (exact) mass is 450 g/mol. The highest BCUT2D eigenvalue weighted by Crippen LogP contribution is 2.36. The number of hydrogen-bond acceptors (Lipinski definition) is 6. The van der Waals surface area contributed by atoms with Crippen LogP contribution < -0.4 is 4.74 Å². The van der Waals surface area contributed by atoms with Crippen molar-refractivity contribution in [1.82, 2.24) is 19.6 Å². The minimum Gasteiger partial charge on any atom is -0.496 e. The summed E-state index contributed by atoms with van der Waals surface area (Å²) in [7, 11) is 1.65. The van der Waals surface area contributed by atoms with Crippen LogP contribution in [-0.4, -0.2) is 32.5 Å². The molecule has 1 atom stereocenters. The van der Waals surface area contributed by atoms with Gasteiger partial charge in [0.2, 0.25) is 5.16 Å². The normalized spacial score (nSPS) is 15.8. The van der Waals surface area contributed by atoms with Gasteiger partial charge in [-0.1, -0.05) is 59.8 Å². The fourth-order valence-corrected chi connectivity index (χ4v) is 5.02. The molecule has 0 saturated carbocycles. The van der Waals surface area contributed by atoms with Gasteiger partial charge in [0.05, 0.1) is 18.4 Å². The molecule has 0 fully saturated rings. The van der Waals surface area contributed by atoms with Crippen molar-refractivity contribution in [3.63, 3.8) is 0 Å². The Morgan fingerprint density at radius 3 is 2.77 bits per heavy atom. The molecule has 2 aromatic heterocycles. The van der Waals surface area contributed by atoms with E-state index in [1.54, 1.807) is 17.8 Å². The maximum atomic E-state index is 12.9. The topological polar surface area (TPSA) is 69.4 Å². The molecule has 0 spiro atoms. The number of rotatable bonds is 5. The first kappa shape index (κ1) is 20.0. The SMILES string of the molecule is COc1ccccc1[C@H]1CC(=O)c2cn3nc(SCc4ccccc4Cl)nc3nc2C1. The summed E-state index contributed by atoms with van der Waals surface area (Å²) in [5.74, 6) is 2.04. The number of Topliss-reactive ketones (excluding diaryl/α,β-unsaturated/α-hetero) is 1. The number of benzene rings is 2. The molecule has 1 aliphatic rings. The molecule has 5 rings (SSSR count). The van der Waals surface area contributed by atoms with Gasteiger partial charge in [-0.3, -0.25) is 4.79 Å². The molecule has 0 saturated heterocycles. The second-order valence-electron chi connectivity index (χ2n) is 7.39. The largest absolute Gasteiger partial charge is 0.496 e. The molecular weight excluding hydrogens is 432 g/mol. The summed E-state index contributed by atoms with van der Waals surface area (Å²) in [6.07, 6.45) is 2.83. The Kier molecular flexibility index (Phi) is 5.38. The van der Waals surface area contributed by atoms with E-state index in [0.717, 1.165) is 27.6 Å². The summed E-state index contributed by atoms with van der Waals surface area (Å²) in [5.41, 5.74) is 3.43. The number of carbonyl (C=O) groups is 1. The van der Waals surface area contributed by atoms with Crippen molar-refractivity contribution in [3.05, 3.63) is 82.1 Å². The van der Waals surface area contributed by atoms with E-state index in [2.05, 4.69) is 15.1 Å². The molecule has 2 aromatic carbocycles. The fraction of sp³-hybridized carbons (Fsp3) is 0.217. The van der Waals surface area contributed by atoms with Crippen molar-refractivity contribution in [3.8, 4) is 5.75 Å². The maximum absolute atomic E-state index is 12.9. The smallest absolute Gasteiger partial charge is 0.253 e. The molecule has 156 valence electrons. The number of carbonyl (C=O) groups excluding carboxylic acids is 1. The zero-order valence-corrected chi connectivity index (χ0v) is 18.4. The van der Waals surface area contributed by atoms with Crippen LogP contribution in [-0.2, 0) is 12.2 Å². The van der Waals surface area contributed by atoms with Crippen LogP contribution in [0.4, 0.5) is 0 Å². The molecule has 0 amide bonds. The lowest BCUT2D eigenvalue weighted by Crippen LogP contribution is -2.21. The van der Waals surface area contributed by atoms with Gasteiger partial charge in [-0.2, -0.15) is 4.98 Å². The van der Waals surface area contributed by atoms with Gasteiger partial charge in [0.25, 0.3) is 5.78 Å². The third-order valence-corrected chi connectivity index (χ3v) is 6.71. The van der Waals surface area contributed by atoms with E-state index in [9.17, 15) is 4.79 Å². The molecule has 0 unspecified atom stereocenters. The number of ether oxygens (including phenoxy) is 1. The third kappa shape index (κ3) is 3.91. The van der Waals surface area contributed by atoms with Crippen molar-refractivity contribution in [2.45, 2.75) is 29.7 Å². The molecule has 1 aliphatic carbocycles. The quantitative estimate of drug-likeness (QED) is 0.399. The first-order chi connectivity index (χ1) is 15.1. The van der Waals surface area contributed by atoms with Crippen LogP contribution in [0.1, 0.15) is 39.5 Å². The zero-order valence-electron chi connectivity index (χ0n) is 16.8. The Hall–Kier alpha value is -2.90. The summed E-state index contributed by atoms with van der Waals surface area (Å²) in [6, 6.07) is 15.6. The maximum Gasteiger partial charge on any atom is 0.253 e. The predicted molar refractivity (Wildman–Crippen MR) is 120 cm³/mol. The van der Waals surface area contributed by atoms with Crippen LogP contribution in [0.25, 0.3) is 5.78 Å². The van der Waals surface area contributed by atoms with E-state index >= 15 is 0 Å². The van der Waals surface area contributed by atoms with Crippen LogP contribution >= 0.6 is 23.4 Å². The van der Waals surface area contributed by atoms with Gasteiger partial charge in [0.1, 0.15) is 5.75 Å². The number of para-hydroxylation sites is 1. The lowest BCUT2D eigenvalue weighted by molar-refractivity contribution is 0.0962. The van der Waals surface area contributed by atoms with Gasteiger partial charge in [-0.05, 0) is 29.7 Å². The molecule has 0 N–H and O–H groups in total. The number of nitrogens with zero attached hydrogens (tertiary/aromatic N) is 4. The molecule has 0 aliphatic heterocycles. The molecule has 0 radical (unpaired) electrons. The van der Waals surface area contributed by atoms with Crippen molar-refractivity contribution >= 4 is 34.9 Å². The minimum absolute atomic E-state index is 0.0306. The highest BCUT2D eigenvalue weighted by atomic mass is 35.5. The number of hydrogen-bond donors (Lipinski definition) is 0. The Morgan fingerprint density at radius 2 is 1.94 bits per heavy atom. The number of methoxy groups -OCH3 is 1. The first-order valence-corrected chi connectivity index (χ1v) is 11.3. The summed E-state index contributed by atoms with van der Waals surface area (Å²) >= 11 is 7.73. The van der Waals surface area contributed by atoms with Gasteiger partial charge >= 0.3 is 0 Å². The highest BCUT2D eigenvalue weighted by Gasteiger charge is 2.30. The Balaban J connectivity index is 1.42. The fourth-order valence-electron chi connectivity index (χ4n) is 3.91. The van der Waals surface area contributed by atoms with E-state index in [1.807, 2.05) is 48.5 Å². The number of ketones is 1. The van der Waals surface area contributed by atoms with Gasteiger partial charge in [-0.15, -0.1) is 5.10 Å². The molecule has 0 bridgehead atoms. The van der Waals surface area contributed by atoms with Crippen molar-refractivity contribution in [1.29, 1.82) is 0 Å². The van der Waals surface area contributed by atoms with Gasteiger partial charge in [0, 0.05) is 29.3 Å². The van der Waals surface area contributed by atoms with E-state index in [0.29, 0.717) is 35.1 Å². The van der Waals surface area contributed by atoms with Crippen LogP contribution in [0.3, 0.4) is 0 Å². The summed E-state index contributed by atoms with van der Waals surface area (Å²) in [6.45, 7) is 0. The number of aromatic nitrogens is 4. The van der Waals surface area contributed by atoms with Crippen molar-refractivity contribution in [2.24, 2.45) is 0 Å². The molecular formula is C23H19ClN4O2S. The third-order valence-electron chi connectivity index (χ3n) is 5.46. The van der Waals surface area contributed by atoms with E-state index in [1.165, 1.54) is 11.8 Å². The van der Waals surface area contributed by atoms with E-state index in [4.69, 9.17) is 16.3 Å². The van der Waals surface area contributed by atoms with E-state index < -0.39 is 0 Å². The van der Waals surface area contributed by atoms with Crippen molar-refractivity contribution < 1.29 is 9.53 Å². The van der Waals surface area contributed by atoms with Gasteiger partial charge in [0.15, 0.2) is 5.78 Å². The second-order valence-corrected chi connectivity index (χ2v) is 8.74. The summed E-state index contributed by atoms with van der Waals surface area (Å²) in [5, 5.41) is 5.82. The Labute approximate surface area is 188 Å². The molecule has 8 heteroatoms.